The summed E-state index contributed by atoms with van der Waals surface area (Å²) in [7, 11) is 3.46. The van der Waals surface area contributed by atoms with Crippen LogP contribution in [-0.2, 0) is 4.74 Å². The van der Waals surface area contributed by atoms with E-state index in [2.05, 4.69) is 20.3 Å². The van der Waals surface area contributed by atoms with E-state index >= 15 is 0 Å². The first-order chi connectivity index (χ1) is 7.54. The Balaban J connectivity index is 2.95. The van der Waals surface area contributed by atoms with E-state index in [4.69, 9.17) is 4.74 Å². The summed E-state index contributed by atoms with van der Waals surface area (Å²) in [5, 5.41) is 9.13. The molecule has 0 aliphatic rings. The van der Waals surface area contributed by atoms with Crippen LogP contribution in [0.15, 0.2) is 10.3 Å². The first-order valence-electron chi connectivity index (χ1n) is 4.87. The van der Waals surface area contributed by atoms with Crippen LogP contribution in [0, 0.1) is 6.92 Å². The number of rotatable bonds is 4. The van der Waals surface area contributed by atoms with Gasteiger partial charge in [-0.15, -0.1) is 5.11 Å². The molecule has 88 valence electrons. The zero-order valence-corrected chi connectivity index (χ0v) is 9.81. The zero-order chi connectivity index (χ0) is 12.1. The number of esters is 1. The SMILES string of the molecule is CCOC(=O)c1[nH]c(C)nc1/N=N/N(C)C. The summed E-state index contributed by atoms with van der Waals surface area (Å²) >= 11 is 0. The molecule has 0 amide bonds. The van der Waals surface area contributed by atoms with Crippen LogP contribution in [0.4, 0.5) is 5.82 Å². The number of aromatic nitrogens is 2. The first kappa shape index (κ1) is 12.2. The lowest BCUT2D eigenvalue weighted by Gasteiger charge is -2.00. The highest BCUT2D eigenvalue weighted by Gasteiger charge is 2.17. The number of nitrogens with one attached hydrogen (secondary N) is 1. The summed E-state index contributed by atoms with van der Waals surface area (Å²) in [5.41, 5.74) is 0.227. The lowest BCUT2D eigenvalue weighted by Crippen LogP contribution is -2.05. The second kappa shape index (κ2) is 5.24. The molecular weight excluding hydrogens is 210 g/mol. The highest BCUT2D eigenvalue weighted by atomic mass is 16.5. The quantitative estimate of drug-likeness (QED) is 0.477. The van der Waals surface area contributed by atoms with Gasteiger partial charge in [-0.05, 0) is 13.8 Å². The van der Waals surface area contributed by atoms with Crippen molar-refractivity contribution < 1.29 is 9.53 Å². The molecule has 0 aliphatic carbocycles. The fraction of sp³-hybridized carbons (Fsp3) is 0.556. The summed E-state index contributed by atoms with van der Waals surface area (Å²) < 4.78 is 4.86. The summed E-state index contributed by atoms with van der Waals surface area (Å²) in [4.78, 5) is 18.4. The fourth-order valence-electron chi connectivity index (χ4n) is 1.03. The molecule has 1 aromatic heterocycles. The highest BCUT2D eigenvalue weighted by Crippen LogP contribution is 2.17. The monoisotopic (exact) mass is 225 g/mol. The van der Waals surface area contributed by atoms with Crippen LogP contribution < -0.4 is 0 Å². The Labute approximate surface area is 93.5 Å². The maximum atomic E-state index is 11.5. The van der Waals surface area contributed by atoms with Crippen molar-refractivity contribution in [3.63, 3.8) is 0 Å². The maximum absolute atomic E-state index is 11.5. The molecular formula is C9H15N5O2. The third-order valence-electron chi connectivity index (χ3n) is 1.60. The molecule has 0 atom stereocenters. The van der Waals surface area contributed by atoms with E-state index in [1.165, 1.54) is 5.01 Å². The molecule has 1 rings (SSSR count). The summed E-state index contributed by atoms with van der Waals surface area (Å²) in [5.74, 6) is 0.358. The number of ether oxygens (including phenoxy) is 1. The van der Waals surface area contributed by atoms with Gasteiger partial charge in [-0.2, -0.15) is 0 Å². The maximum Gasteiger partial charge on any atom is 0.358 e. The molecule has 0 unspecified atom stereocenters. The van der Waals surface area contributed by atoms with Crippen molar-refractivity contribution in [2.24, 2.45) is 10.3 Å². The topological polar surface area (TPSA) is 82.9 Å². The molecule has 0 fully saturated rings. The summed E-state index contributed by atoms with van der Waals surface area (Å²) in [6, 6.07) is 0. The summed E-state index contributed by atoms with van der Waals surface area (Å²) in [6.45, 7) is 3.78. The molecule has 7 nitrogen and oxygen atoms in total. The number of carbonyl (C=O) groups excluding carboxylic acids is 1. The third-order valence-corrected chi connectivity index (χ3v) is 1.60. The van der Waals surface area contributed by atoms with Crippen LogP contribution in [0.1, 0.15) is 23.2 Å². The number of aromatic amines is 1. The van der Waals surface area contributed by atoms with Crippen molar-refractivity contribution >= 4 is 11.8 Å². The minimum Gasteiger partial charge on any atom is -0.461 e. The van der Waals surface area contributed by atoms with Gasteiger partial charge in [0.05, 0.1) is 6.61 Å². The zero-order valence-electron chi connectivity index (χ0n) is 9.81. The Morgan fingerprint density at radius 1 is 1.56 bits per heavy atom. The van der Waals surface area contributed by atoms with Crippen LogP contribution >= 0.6 is 0 Å². The van der Waals surface area contributed by atoms with Gasteiger partial charge in [0, 0.05) is 14.1 Å². The molecule has 0 bridgehead atoms. The minimum absolute atomic E-state index is 0.227. The Morgan fingerprint density at radius 2 is 2.25 bits per heavy atom. The van der Waals surface area contributed by atoms with E-state index < -0.39 is 5.97 Å². The number of hydrogen-bond acceptors (Lipinski definition) is 5. The smallest absolute Gasteiger partial charge is 0.358 e. The second-order valence-corrected chi connectivity index (χ2v) is 3.28. The van der Waals surface area contributed by atoms with Crippen LogP contribution in [0.2, 0.25) is 0 Å². The largest absolute Gasteiger partial charge is 0.461 e. The van der Waals surface area contributed by atoms with Gasteiger partial charge < -0.3 is 9.72 Å². The van der Waals surface area contributed by atoms with Gasteiger partial charge in [0.15, 0.2) is 5.69 Å². The summed E-state index contributed by atoms with van der Waals surface area (Å²) in [6.07, 6.45) is 0. The van der Waals surface area contributed by atoms with Crippen molar-refractivity contribution in [1.29, 1.82) is 0 Å². The number of H-pyrrole nitrogens is 1. The van der Waals surface area contributed by atoms with Crippen molar-refractivity contribution in [2.75, 3.05) is 20.7 Å². The molecule has 0 aromatic carbocycles. The average Bonchev–Trinajstić information content (AvgIpc) is 2.57. The standard InChI is InChI=1S/C9H15N5O2/c1-5-16-9(15)7-8(11-6(2)10-7)12-13-14(3)4/h5H2,1-4H3,(H,10,11)/b13-12+. The average molecular weight is 225 g/mol. The van der Waals surface area contributed by atoms with Gasteiger partial charge in [0.2, 0.25) is 5.82 Å². The lowest BCUT2D eigenvalue weighted by molar-refractivity contribution is 0.0521. The van der Waals surface area contributed by atoms with Gasteiger partial charge >= 0.3 is 5.97 Å². The second-order valence-electron chi connectivity index (χ2n) is 3.28. The Morgan fingerprint density at radius 3 is 2.81 bits per heavy atom. The molecule has 0 radical (unpaired) electrons. The van der Waals surface area contributed by atoms with Crippen LogP contribution in [-0.4, -0.2) is 41.6 Å². The normalized spacial score (nSPS) is 10.8. The van der Waals surface area contributed by atoms with E-state index in [9.17, 15) is 4.79 Å². The molecule has 1 aromatic rings. The number of hydrogen-bond donors (Lipinski definition) is 1. The molecule has 0 aliphatic heterocycles. The van der Waals surface area contributed by atoms with Crippen LogP contribution in [0.3, 0.4) is 0 Å². The fourth-order valence-corrected chi connectivity index (χ4v) is 1.03. The van der Waals surface area contributed by atoms with E-state index in [1.807, 2.05) is 0 Å². The van der Waals surface area contributed by atoms with E-state index in [-0.39, 0.29) is 11.5 Å². The van der Waals surface area contributed by atoms with Crippen LogP contribution in [0.5, 0.6) is 0 Å². The Bertz CT molecular complexity index is 397. The lowest BCUT2D eigenvalue weighted by atomic mass is 10.4. The van der Waals surface area contributed by atoms with E-state index in [0.29, 0.717) is 12.4 Å². The molecule has 0 saturated heterocycles. The minimum atomic E-state index is -0.476. The number of imidazole rings is 1. The first-order valence-corrected chi connectivity index (χ1v) is 4.87. The molecule has 1 heterocycles. The Hall–Kier alpha value is -1.92. The number of nitrogens with zero attached hydrogens (tertiary/aromatic N) is 4. The van der Waals surface area contributed by atoms with E-state index in [1.54, 1.807) is 27.9 Å². The predicted molar refractivity (Wildman–Crippen MR) is 57.5 cm³/mol. The molecule has 16 heavy (non-hydrogen) atoms. The molecule has 1 N–H and O–H groups in total. The van der Waals surface area contributed by atoms with Crippen molar-refractivity contribution in [1.82, 2.24) is 15.0 Å². The number of aryl methyl sites for hydroxylation is 1. The molecule has 7 heteroatoms. The molecule has 0 saturated carbocycles. The van der Waals surface area contributed by atoms with Crippen LogP contribution in [0.25, 0.3) is 0 Å². The van der Waals surface area contributed by atoms with Gasteiger partial charge in [-0.3, -0.25) is 5.01 Å². The van der Waals surface area contributed by atoms with Gasteiger partial charge in [-0.1, -0.05) is 5.22 Å². The van der Waals surface area contributed by atoms with Crippen molar-refractivity contribution in [3.05, 3.63) is 11.5 Å². The van der Waals surface area contributed by atoms with Gasteiger partial charge in [0.25, 0.3) is 0 Å². The van der Waals surface area contributed by atoms with Crippen molar-refractivity contribution in [2.45, 2.75) is 13.8 Å². The van der Waals surface area contributed by atoms with Gasteiger partial charge in [0.1, 0.15) is 5.82 Å². The highest BCUT2D eigenvalue weighted by molar-refractivity contribution is 5.91. The van der Waals surface area contributed by atoms with Crippen molar-refractivity contribution in [3.8, 4) is 0 Å². The van der Waals surface area contributed by atoms with Gasteiger partial charge in [-0.25, -0.2) is 9.78 Å². The number of carbonyl (C=O) groups is 1. The molecule has 0 spiro atoms. The van der Waals surface area contributed by atoms with E-state index in [0.717, 1.165) is 0 Å². The Kier molecular flexibility index (Phi) is 3.98. The predicted octanol–water partition coefficient (Wildman–Crippen LogP) is 1.46. The third kappa shape index (κ3) is 3.04.